The predicted octanol–water partition coefficient (Wildman–Crippen LogP) is 3.01. The number of carbonyl (C=O) groups is 1. The van der Waals surface area contributed by atoms with Crippen LogP contribution in [0.5, 0.6) is 11.5 Å². The first-order valence-electron chi connectivity index (χ1n) is 6.63. The third-order valence-electron chi connectivity index (χ3n) is 2.80. The zero-order chi connectivity index (χ0) is 15.4. The van der Waals surface area contributed by atoms with Gasteiger partial charge in [-0.2, -0.15) is 0 Å². The molecule has 0 unspecified atom stereocenters. The maximum absolute atomic E-state index is 12.1. The van der Waals surface area contributed by atoms with Gasteiger partial charge in [-0.05, 0) is 50.2 Å². The van der Waals surface area contributed by atoms with Crippen molar-refractivity contribution >= 4 is 17.3 Å². The van der Waals surface area contributed by atoms with Crippen LogP contribution in [0.15, 0.2) is 42.5 Å². The Morgan fingerprint density at radius 1 is 1.19 bits per heavy atom. The van der Waals surface area contributed by atoms with Crippen LogP contribution in [0.4, 0.5) is 11.4 Å². The number of hydrogen-bond donors (Lipinski definition) is 3. The van der Waals surface area contributed by atoms with E-state index in [4.69, 9.17) is 10.5 Å². The van der Waals surface area contributed by atoms with Gasteiger partial charge in [0.25, 0.3) is 5.91 Å². The molecule has 0 spiro atoms. The first-order valence-corrected chi connectivity index (χ1v) is 6.63. The minimum atomic E-state index is -0.419. The summed E-state index contributed by atoms with van der Waals surface area (Å²) in [5.41, 5.74) is 6.49. The summed E-state index contributed by atoms with van der Waals surface area (Å²) in [5, 5.41) is 12.5. The van der Waals surface area contributed by atoms with E-state index in [-0.39, 0.29) is 23.1 Å². The number of phenols is 1. The number of aromatic hydroxyl groups is 1. The van der Waals surface area contributed by atoms with Gasteiger partial charge in [-0.15, -0.1) is 0 Å². The van der Waals surface area contributed by atoms with Gasteiger partial charge in [-0.25, -0.2) is 0 Å². The number of amides is 1. The van der Waals surface area contributed by atoms with Crippen molar-refractivity contribution in [3.05, 3.63) is 48.0 Å². The normalized spacial score (nSPS) is 10.4. The van der Waals surface area contributed by atoms with E-state index in [9.17, 15) is 9.90 Å². The highest BCUT2D eigenvalue weighted by Crippen LogP contribution is 2.25. The topological polar surface area (TPSA) is 84.6 Å². The lowest BCUT2D eigenvalue weighted by atomic mass is 10.1. The molecule has 21 heavy (non-hydrogen) atoms. The number of benzene rings is 2. The molecule has 0 saturated carbocycles. The summed E-state index contributed by atoms with van der Waals surface area (Å²) in [5.74, 6) is 0.0990. The molecule has 0 aliphatic rings. The second kappa shape index (κ2) is 6.17. The fraction of sp³-hybridized carbons (Fsp3) is 0.188. The molecule has 0 aliphatic carbocycles. The lowest BCUT2D eigenvalue weighted by molar-refractivity contribution is 0.102. The minimum Gasteiger partial charge on any atom is -0.505 e. The Bertz CT molecular complexity index is 636. The van der Waals surface area contributed by atoms with Crippen LogP contribution >= 0.6 is 0 Å². The van der Waals surface area contributed by atoms with Gasteiger partial charge in [0.15, 0.2) is 5.75 Å². The number of para-hydroxylation sites is 1. The van der Waals surface area contributed by atoms with E-state index in [0.717, 1.165) is 5.75 Å². The summed E-state index contributed by atoms with van der Waals surface area (Å²) in [4.78, 5) is 12.1. The zero-order valence-corrected chi connectivity index (χ0v) is 12.0. The first kappa shape index (κ1) is 14.7. The van der Waals surface area contributed by atoms with Gasteiger partial charge in [-0.1, -0.05) is 6.07 Å². The van der Waals surface area contributed by atoms with Crippen molar-refractivity contribution in [2.45, 2.75) is 20.0 Å². The molecule has 0 saturated heterocycles. The summed E-state index contributed by atoms with van der Waals surface area (Å²) in [6.07, 6.45) is 0.0923. The molecule has 5 nitrogen and oxygen atoms in total. The van der Waals surface area contributed by atoms with E-state index >= 15 is 0 Å². The standard InChI is InChI=1S/C16H18N2O3/c1-10(2)21-12-8-6-11(7-9-12)18-16(20)13-4-3-5-14(17)15(13)19/h3-10,19H,17H2,1-2H3,(H,18,20). The summed E-state index contributed by atoms with van der Waals surface area (Å²) >= 11 is 0. The molecular formula is C16H18N2O3. The molecule has 0 aromatic heterocycles. The number of anilines is 2. The third kappa shape index (κ3) is 3.66. The highest BCUT2D eigenvalue weighted by Gasteiger charge is 2.13. The smallest absolute Gasteiger partial charge is 0.259 e. The Balaban J connectivity index is 2.11. The van der Waals surface area contributed by atoms with E-state index in [1.54, 1.807) is 30.3 Å². The van der Waals surface area contributed by atoms with E-state index in [1.165, 1.54) is 12.1 Å². The van der Waals surface area contributed by atoms with Gasteiger partial charge in [-0.3, -0.25) is 4.79 Å². The SMILES string of the molecule is CC(C)Oc1ccc(NC(=O)c2cccc(N)c2O)cc1. The van der Waals surface area contributed by atoms with Crippen LogP contribution in [0, 0.1) is 0 Å². The average Bonchev–Trinajstić information content (AvgIpc) is 2.43. The number of carbonyl (C=O) groups excluding carboxylic acids is 1. The van der Waals surface area contributed by atoms with E-state index < -0.39 is 5.91 Å². The molecule has 0 aliphatic heterocycles. The number of phenolic OH excluding ortho intramolecular Hbond substituents is 1. The van der Waals surface area contributed by atoms with Crippen molar-refractivity contribution in [2.75, 3.05) is 11.1 Å². The molecule has 110 valence electrons. The number of nitrogens with one attached hydrogen (secondary N) is 1. The van der Waals surface area contributed by atoms with Crippen molar-refractivity contribution in [1.82, 2.24) is 0 Å². The molecular weight excluding hydrogens is 268 g/mol. The predicted molar refractivity (Wildman–Crippen MR) is 82.7 cm³/mol. The fourth-order valence-electron chi connectivity index (χ4n) is 1.83. The van der Waals surface area contributed by atoms with Crippen LogP contribution in [0.25, 0.3) is 0 Å². The van der Waals surface area contributed by atoms with Crippen molar-refractivity contribution in [2.24, 2.45) is 0 Å². The number of rotatable bonds is 4. The molecule has 0 bridgehead atoms. The van der Waals surface area contributed by atoms with Crippen LogP contribution in [0.3, 0.4) is 0 Å². The van der Waals surface area contributed by atoms with Crippen molar-refractivity contribution in [3.8, 4) is 11.5 Å². The van der Waals surface area contributed by atoms with E-state index in [0.29, 0.717) is 5.69 Å². The van der Waals surface area contributed by atoms with Gasteiger partial charge in [0.05, 0.1) is 17.4 Å². The highest BCUT2D eigenvalue weighted by atomic mass is 16.5. The van der Waals surface area contributed by atoms with Crippen LogP contribution in [0.1, 0.15) is 24.2 Å². The summed E-state index contributed by atoms with van der Waals surface area (Å²) in [6, 6.07) is 11.7. The molecule has 2 aromatic rings. The van der Waals surface area contributed by atoms with Gasteiger partial charge in [0.2, 0.25) is 0 Å². The highest BCUT2D eigenvalue weighted by molar-refractivity contribution is 6.07. The lowest BCUT2D eigenvalue weighted by Crippen LogP contribution is -2.12. The molecule has 2 rings (SSSR count). The first-order chi connectivity index (χ1) is 9.97. The van der Waals surface area contributed by atoms with Crippen LogP contribution in [-0.2, 0) is 0 Å². The Morgan fingerprint density at radius 2 is 1.86 bits per heavy atom. The second-order valence-corrected chi connectivity index (χ2v) is 4.89. The maximum atomic E-state index is 12.1. The Labute approximate surface area is 123 Å². The minimum absolute atomic E-state index is 0.0923. The number of nitrogen functional groups attached to an aromatic ring is 1. The molecule has 4 N–H and O–H groups in total. The van der Waals surface area contributed by atoms with Gasteiger partial charge in [0, 0.05) is 5.69 Å². The zero-order valence-electron chi connectivity index (χ0n) is 12.0. The van der Waals surface area contributed by atoms with Crippen molar-refractivity contribution < 1.29 is 14.6 Å². The fourth-order valence-corrected chi connectivity index (χ4v) is 1.83. The van der Waals surface area contributed by atoms with Gasteiger partial charge < -0.3 is 20.9 Å². The van der Waals surface area contributed by atoms with Crippen LogP contribution < -0.4 is 15.8 Å². The van der Waals surface area contributed by atoms with Crippen LogP contribution in [0.2, 0.25) is 0 Å². The Morgan fingerprint density at radius 3 is 2.48 bits per heavy atom. The van der Waals surface area contributed by atoms with E-state index in [1.807, 2.05) is 13.8 Å². The van der Waals surface area contributed by atoms with Crippen molar-refractivity contribution in [1.29, 1.82) is 0 Å². The largest absolute Gasteiger partial charge is 0.505 e. The molecule has 0 fully saturated rings. The molecule has 0 atom stereocenters. The van der Waals surface area contributed by atoms with E-state index in [2.05, 4.69) is 5.32 Å². The maximum Gasteiger partial charge on any atom is 0.259 e. The Hall–Kier alpha value is -2.69. The molecule has 0 heterocycles. The number of hydrogen-bond acceptors (Lipinski definition) is 4. The quantitative estimate of drug-likeness (QED) is 0.596. The molecule has 1 amide bonds. The second-order valence-electron chi connectivity index (χ2n) is 4.89. The molecule has 2 aromatic carbocycles. The summed E-state index contributed by atoms with van der Waals surface area (Å²) in [6.45, 7) is 3.89. The lowest BCUT2D eigenvalue weighted by Gasteiger charge is -2.11. The van der Waals surface area contributed by atoms with Gasteiger partial charge in [0.1, 0.15) is 5.75 Å². The average molecular weight is 286 g/mol. The van der Waals surface area contributed by atoms with Gasteiger partial charge >= 0.3 is 0 Å². The third-order valence-corrected chi connectivity index (χ3v) is 2.80. The molecule has 0 radical (unpaired) electrons. The van der Waals surface area contributed by atoms with Crippen molar-refractivity contribution in [3.63, 3.8) is 0 Å². The number of nitrogens with two attached hydrogens (primary N) is 1. The molecule has 5 heteroatoms. The Kier molecular flexibility index (Phi) is 4.33. The summed E-state index contributed by atoms with van der Waals surface area (Å²) in [7, 11) is 0. The van der Waals surface area contributed by atoms with Crippen LogP contribution in [-0.4, -0.2) is 17.1 Å². The number of ether oxygens (including phenoxy) is 1. The monoisotopic (exact) mass is 286 g/mol. The summed E-state index contributed by atoms with van der Waals surface area (Å²) < 4.78 is 5.52.